The van der Waals surface area contributed by atoms with Gasteiger partial charge in [-0.1, -0.05) is 17.2 Å². The molecular weight excluding hydrogens is 263 g/mol. The zero-order valence-corrected chi connectivity index (χ0v) is 10.9. The zero-order valence-electron chi connectivity index (χ0n) is 10.9. The summed E-state index contributed by atoms with van der Waals surface area (Å²) >= 11 is 0. The maximum Gasteiger partial charge on any atom is 0.261 e. The summed E-state index contributed by atoms with van der Waals surface area (Å²) in [5.74, 6) is 0.527. The second-order valence-electron chi connectivity index (χ2n) is 4.19. The van der Waals surface area contributed by atoms with Crippen LogP contribution in [0.2, 0.25) is 0 Å². The summed E-state index contributed by atoms with van der Waals surface area (Å²) in [7, 11) is 0. The van der Waals surface area contributed by atoms with Gasteiger partial charge in [0.2, 0.25) is 5.82 Å². The van der Waals surface area contributed by atoms with Crippen molar-refractivity contribution in [3.05, 3.63) is 35.7 Å². The lowest BCUT2D eigenvalue weighted by Gasteiger charge is -1.94. The van der Waals surface area contributed by atoms with E-state index in [9.17, 15) is 4.39 Å². The molecule has 0 aliphatic rings. The Bertz CT molecular complexity index is 750. The van der Waals surface area contributed by atoms with Crippen molar-refractivity contribution in [2.45, 2.75) is 20.3 Å². The van der Waals surface area contributed by atoms with Gasteiger partial charge in [-0.2, -0.15) is 4.98 Å². The molecule has 20 heavy (non-hydrogen) atoms. The minimum absolute atomic E-state index is 0.0996. The van der Waals surface area contributed by atoms with Crippen molar-refractivity contribution in [2.24, 2.45) is 0 Å². The van der Waals surface area contributed by atoms with Crippen LogP contribution in [0.15, 0.2) is 27.5 Å². The van der Waals surface area contributed by atoms with Crippen molar-refractivity contribution >= 4 is 0 Å². The molecule has 102 valence electrons. The van der Waals surface area contributed by atoms with Crippen LogP contribution in [0.4, 0.5) is 4.39 Å². The summed E-state index contributed by atoms with van der Waals surface area (Å²) in [6.07, 6.45) is 3.24. The highest BCUT2D eigenvalue weighted by atomic mass is 19.1. The van der Waals surface area contributed by atoms with Crippen LogP contribution in [0, 0.1) is 12.7 Å². The molecule has 0 bridgehead atoms. The lowest BCUT2D eigenvalue weighted by atomic mass is 10.1. The number of aromatic nitrogens is 4. The van der Waals surface area contributed by atoms with Crippen LogP contribution in [0.5, 0.6) is 0 Å². The first-order valence-corrected chi connectivity index (χ1v) is 6.09. The summed E-state index contributed by atoms with van der Waals surface area (Å²) in [6, 6.07) is 1.48. The van der Waals surface area contributed by atoms with Gasteiger partial charge in [-0.05, 0) is 19.4 Å². The van der Waals surface area contributed by atoms with Gasteiger partial charge in [0.15, 0.2) is 5.82 Å². The Balaban J connectivity index is 2.07. The molecule has 0 aliphatic heterocycles. The molecule has 3 heterocycles. The summed E-state index contributed by atoms with van der Waals surface area (Å²) in [4.78, 5) is 7.89. The van der Waals surface area contributed by atoms with Crippen molar-refractivity contribution in [3.8, 4) is 22.8 Å². The largest absolute Gasteiger partial charge is 0.361 e. The van der Waals surface area contributed by atoms with Crippen molar-refractivity contribution < 1.29 is 13.4 Å². The molecular formula is C13H11FN4O2. The highest BCUT2D eigenvalue weighted by Gasteiger charge is 2.20. The zero-order chi connectivity index (χ0) is 14.1. The monoisotopic (exact) mass is 274 g/mol. The fourth-order valence-electron chi connectivity index (χ4n) is 1.93. The fraction of sp³-hybridized carbons (Fsp3) is 0.231. The van der Waals surface area contributed by atoms with Crippen LogP contribution < -0.4 is 0 Å². The molecule has 6 nitrogen and oxygen atoms in total. The number of aryl methyl sites for hydroxylation is 2. The lowest BCUT2D eigenvalue weighted by Crippen LogP contribution is -1.89. The van der Waals surface area contributed by atoms with Crippen LogP contribution in [0.25, 0.3) is 22.8 Å². The smallest absolute Gasteiger partial charge is 0.261 e. The molecule has 0 amide bonds. The lowest BCUT2D eigenvalue weighted by molar-refractivity contribution is 0.391. The molecule has 0 aromatic carbocycles. The van der Waals surface area contributed by atoms with E-state index in [2.05, 4.69) is 20.3 Å². The third-order valence-corrected chi connectivity index (χ3v) is 2.92. The molecule has 0 fully saturated rings. The minimum Gasteiger partial charge on any atom is -0.361 e. The fourth-order valence-corrected chi connectivity index (χ4v) is 1.93. The first-order chi connectivity index (χ1) is 9.70. The third kappa shape index (κ3) is 1.97. The minimum atomic E-state index is -0.513. The van der Waals surface area contributed by atoms with Crippen molar-refractivity contribution in [2.75, 3.05) is 0 Å². The highest BCUT2D eigenvalue weighted by molar-refractivity contribution is 5.63. The van der Waals surface area contributed by atoms with E-state index in [1.807, 2.05) is 6.92 Å². The molecule has 0 radical (unpaired) electrons. The molecule has 0 N–H and O–H groups in total. The second kappa shape index (κ2) is 4.84. The van der Waals surface area contributed by atoms with Crippen molar-refractivity contribution in [3.63, 3.8) is 0 Å². The van der Waals surface area contributed by atoms with Crippen molar-refractivity contribution in [1.82, 2.24) is 20.3 Å². The Morgan fingerprint density at radius 2 is 2.10 bits per heavy atom. The topological polar surface area (TPSA) is 77.8 Å². The highest BCUT2D eigenvalue weighted by Crippen LogP contribution is 2.28. The number of hydrogen-bond acceptors (Lipinski definition) is 6. The molecule has 0 saturated heterocycles. The summed E-state index contributed by atoms with van der Waals surface area (Å²) in [5, 5.41) is 7.80. The first kappa shape index (κ1) is 12.5. The molecule has 3 aromatic rings. The Hall–Kier alpha value is -2.57. The molecule has 0 spiro atoms. The first-order valence-electron chi connectivity index (χ1n) is 6.09. The Morgan fingerprint density at radius 3 is 2.85 bits per heavy atom. The molecule has 0 saturated carbocycles. The number of nitrogens with zero attached hydrogens (tertiary/aromatic N) is 4. The standard InChI is InChI=1S/C13H11FN4O2/c1-3-10-11(7(2)19-17-10)12-16-13(20-18-12)8-4-5-15-6-9(8)14/h4-6H,3H2,1-2H3. The average molecular weight is 274 g/mol. The predicted octanol–water partition coefficient (Wildman–Crippen LogP) is 2.80. The van der Waals surface area contributed by atoms with Gasteiger partial charge in [0, 0.05) is 6.20 Å². The van der Waals surface area contributed by atoms with Crippen LogP contribution in [-0.2, 0) is 6.42 Å². The van der Waals surface area contributed by atoms with E-state index in [1.54, 1.807) is 6.92 Å². The third-order valence-electron chi connectivity index (χ3n) is 2.92. The summed E-state index contributed by atoms with van der Waals surface area (Å²) in [6.45, 7) is 3.72. The average Bonchev–Trinajstić information content (AvgIpc) is 3.05. The predicted molar refractivity (Wildman–Crippen MR) is 67.1 cm³/mol. The van der Waals surface area contributed by atoms with Gasteiger partial charge >= 0.3 is 0 Å². The summed E-state index contributed by atoms with van der Waals surface area (Å²) < 4.78 is 23.9. The van der Waals surface area contributed by atoms with E-state index in [4.69, 9.17) is 9.05 Å². The maximum absolute atomic E-state index is 13.6. The molecule has 7 heteroatoms. The van der Waals surface area contributed by atoms with Crippen LogP contribution >= 0.6 is 0 Å². The number of hydrogen-bond donors (Lipinski definition) is 0. The number of halogens is 1. The number of pyridine rings is 1. The molecule has 3 rings (SSSR count). The summed E-state index contributed by atoms with van der Waals surface area (Å²) in [5.41, 5.74) is 1.65. The van der Waals surface area contributed by atoms with Gasteiger partial charge in [0.25, 0.3) is 5.89 Å². The number of rotatable bonds is 3. The van der Waals surface area contributed by atoms with Gasteiger partial charge in [-0.3, -0.25) is 4.98 Å². The molecule has 3 aromatic heterocycles. The van der Waals surface area contributed by atoms with Crippen molar-refractivity contribution in [1.29, 1.82) is 0 Å². The van der Waals surface area contributed by atoms with Crippen LogP contribution in [0.1, 0.15) is 18.4 Å². The Kier molecular flexibility index (Phi) is 3.02. The second-order valence-corrected chi connectivity index (χ2v) is 4.19. The van der Waals surface area contributed by atoms with E-state index >= 15 is 0 Å². The van der Waals surface area contributed by atoms with Crippen LogP contribution in [0.3, 0.4) is 0 Å². The maximum atomic E-state index is 13.6. The van der Waals surface area contributed by atoms with Gasteiger partial charge in [-0.15, -0.1) is 0 Å². The molecule has 0 unspecified atom stereocenters. The van der Waals surface area contributed by atoms with Gasteiger partial charge < -0.3 is 9.05 Å². The van der Waals surface area contributed by atoms with Gasteiger partial charge in [0.1, 0.15) is 5.76 Å². The SMILES string of the molecule is CCc1noc(C)c1-c1noc(-c2ccncc2F)n1. The Labute approximate surface area is 113 Å². The van der Waals surface area contributed by atoms with E-state index in [-0.39, 0.29) is 11.5 Å². The van der Waals surface area contributed by atoms with Crippen LogP contribution in [-0.4, -0.2) is 20.3 Å². The molecule has 0 aliphatic carbocycles. The van der Waals surface area contributed by atoms with Gasteiger partial charge in [-0.25, -0.2) is 4.39 Å². The quantitative estimate of drug-likeness (QED) is 0.730. The molecule has 0 atom stereocenters. The van der Waals surface area contributed by atoms with Gasteiger partial charge in [0.05, 0.1) is 23.0 Å². The van der Waals surface area contributed by atoms with E-state index < -0.39 is 5.82 Å². The Morgan fingerprint density at radius 1 is 1.25 bits per heavy atom. The van der Waals surface area contributed by atoms with E-state index in [1.165, 1.54) is 12.3 Å². The van der Waals surface area contributed by atoms with E-state index in [0.717, 1.165) is 11.9 Å². The van der Waals surface area contributed by atoms with E-state index in [0.29, 0.717) is 23.6 Å². The normalized spacial score (nSPS) is 10.9.